The SMILES string of the molecule is O=C1/C(=C\c2ccc(OCc3ccccc3)cc2)C(O)CN1Cc1ccccc1. The first-order valence-corrected chi connectivity index (χ1v) is 9.69. The number of ether oxygens (including phenoxy) is 1. The molecule has 3 aromatic carbocycles. The number of hydrogen-bond acceptors (Lipinski definition) is 3. The molecule has 0 spiro atoms. The van der Waals surface area contributed by atoms with Crippen LogP contribution in [0.5, 0.6) is 5.75 Å². The van der Waals surface area contributed by atoms with Crippen LogP contribution in [-0.2, 0) is 17.9 Å². The molecule has 3 aromatic rings. The minimum absolute atomic E-state index is 0.120. The molecule has 1 aliphatic heterocycles. The van der Waals surface area contributed by atoms with E-state index in [2.05, 4.69) is 0 Å². The van der Waals surface area contributed by atoms with Gasteiger partial charge in [0, 0.05) is 12.1 Å². The topological polar surface area (TPSA) is 49.8 Å². The van der Waals surface area contributed by atoms with Crippen molar-refractivity contribution >= 4 is 12.0 Å². The van der Waals surface area contributed by atoms with E-state index < -0.39 is 6.10 Å². The average Bonchev–Trinajstić information content (AvgIpc) is 3.02. The van der Waals surface area contributed by atoms with Crippen molar-refractivity contribution in [3.8, 4) is 5.75 Å². The highest BCUT2D eigenvalue weighted by Gasteiger charge is 2.33. The minimum Gasteiger partial charge on any atom is -0.489 e. The van der Waals surface area contributed by atoms with Gasteiger partial charge >= 0.3 is 0 Å². The average molecular weight is 385 g/mol. The van der Waals surface area contributed by atoms with E-state index >= 15 is 0 Å². The van der Waals surface area contributed by atoms with Crippen molar-refractivity contribution in [1.29, 1.82) is 0 Å². The molecule has 1 heterocycles. The number of hydrogen-bond donors (Lipinski definition) is 1. The third-order valence-electron chi connectivity index (χ3n) is 4.95. The fraction of sp³-hybridized carbons (Fsp3) is 0.160. The highest BCUT2D eigenvalue weighted by molar-refractivity contribution is 6.01. The fourth-order valence-corrected chi connectivity index (χ4v) is 3.39. The molecule has 0 bridgehead atoms. The molecule has 4 heteroatoms. The normalized spacial score (nSPS) is 17.7. The monoisotopic (exact) mass is 385 g/mol. The summed E-state index contributed by atoms with van der Waals surface area (Å²) >= 11 is 0. The molecular weight excluding hydrogens is 362 g/mol. The van der Waals surface area contributed by atoms with Crippen LogP contribution in [-0.4, -0.2) is 28.6 Å². The summed E-state index contributed by atoms with van der Waals surface area (Å²) in [5.41, 5.74) is 3.45. The molecule has 4 rings (SSSR count). The first-order chi connectivity index (χ1) is 14.2. The summed E-state index contributed by atoms with van der Waals surface area (Å²) in [7, 11) is 0. The van der Waals surface area contributed by atoms with Crippen LogP contribution in [0.3, 0.4) is 0 Å². The van der Waals surface area contributed by atoms with Gasteiger partial charge < -0.3 is 14.7 Å². The zero-order chi connectivity index (χ0) is 20.1. The maximum absolute atomic E-state index is 12.7. The van der Waals surface area contributed by atoms with E-state index in [0.717, 1.165) is 22.4 Å². The van der Waals surface area contributed by atoms with Crippen LogP contribution >= 0.6 is 0 Å². The lowest BCUT2D eigenvalue weighted by atomic mass is 10.1. The van der Waals surface area contributed by atoms with Crippen molar-refractivity contribution in [3.63, 3.8) is 0 Å². The van der Waals surface area contributed by atoms with Gasteiger partial charge in [0.2, 0.25) is 0 Å². The molecule has 1 amide bonds. The Balaban J connectivity index is 1.41. The number of amides is 1. The lowest BCUT2D eigenvalue weighted by Gasteiger charge is -2.15. The first kappa shape index (κ1) is 19.0. The van der Waals surface area contributed by atoms with Gasteiger partial charge in [-0.3, -0.25) is 4.79 Å². The van der Waals surface area contributed by atoms with Gasteiger partial charge in [0.25, 0.3) is 5.91 Å². The number of likely N-dealkylation sites (tertiary alicyclic amines) is 1. The number of aliphatic hydroxyl groups excluding tert-OH is 1. The molecule has 1 fully saturated rings. The molecule has 29 heavy (non-hydrogen) atoms. The van der Waals surface area contributed by atoms with Gasteiger partial charge in [0.15, 0.2) is 0 Å². The van der Waals surface area contributed by atoms with Crippen LogP contribution in [0.4, 0.5) is 0 Å². The Kier molecular flexibility index (Phi) is 5.73. The predicted octanol–water partition coefficient (Wildman–Crippen LogP) is 4.05. The first-order valence-electron chi connectivity index (χ1n) is 9.69. The summed E-state index contributed by atoms with van der Waals surface area (Å²) in [5.74, 6) is 0.644. The van der Waals surface area contributed by atoms with Crippen LogP contribution in [0.2, 0.25) is 0 Å². The van der Waals surface area contributed by atoms with E-state index in [1.165, 1.54) is 0 Å². The molecule has 0 radical (unpaired) electrons. The van der Waals surface area contributed by atoms with Gasteiger partial charge in [-0.2, -0.15) is 0 Å². The largest absolute Gasteiger partial charge is 0.489 e. The predicted molar refractivity (Wildman–Crippen MR) is 113 cm³/mol. The Hall–Kier alpha value is -3.37. The molecule has 1 aliphatic rings. The summed E-state index contributed by atoms with van der Waals surface area (Å²) < 4.78 is 5.80. The second-order valence-corrected chi connectivity index (χ2v) is 7.13. The van der Waals surface area contributed by atoms with Gasteiger partial charge in [0.1, 0.15) is 18.5 Å². The fourth-order valence-electron chi connectivity index (χ4n) is 3.39. The molecule has 1 unspecified atom stereocenters. The Bertz CT molecular complexity index is 982. The van der Waals surface area contributed by atoms with Gasteiger partial charge in [-0.15, -0.1) is 0 Å². The van der Waals surface area contributed by atoms with E-state index in [4.69, 9.17) is 4.74 Å². The lowest BCUT2D eigenvalue weighted by molar-refractivity contribution is -0.125. The van der Waals surface area contributed by atoms with Crippen molar-refractivity contribution in [2.75, 3.05) is 6.54 Å². The molecule has 1 atom stereocenters. The minimum atomic E-state index is -0.778. The van der Waals surface area contributed by atoms with Crippen LogP contribution in [0.15, 0.2) is 90.5 Å². The van der Waals surface area contributed by atoms with Crippen molar-refractivity contribution < 1.29 is 14.6 Å². The van der Waals surface area contributed by atoms with E-state index in [0.29, 0.717) is 25.3 Å². The van der Waals surface area contributed by atoms with Gasteiger partial charge in [-0.05, 0) is 34.9 Å². The van der Waals surface area contributed by atoms with Crippen LogP contribution in [0, 0.1) is 0 Å². The summed E-state index contributed by atoms with van der Waals surface area (Å²) in [6.07, 6.45) is 0.985. The molecule has 0 saturated carbocycles. The van der Waals surface area contributed by atoms with Crippen molar-refractivity contribution in [2.24, 2.45) is 0 Å². The molecule has 0 aliphatic carbocycles. The highest BCUT2D eigenvalue weighted by Crippen LogP contribution is 2.24. The van der Waals surface area contributed by atoms with Gasteiger partial charge in [-0.1, -0.05) is 72.8 Å². The van der Waals surface area contributed by atoms with Crippen LogP contribution < -0.4 is 4.74 Å². The van der Waals surface area contributed by atoms with E-state index in [-0.39, 0.29) is 5.91 Å². The number of β-amino-alcohol motifs (C(OH)–C–C–N with tert-alkyl or cyclic N) is 1. The Morgan fingerprint density at radius 2 is 1.52 bits per heavy atom. The number of carbonyl (C=O) groups is 1. The quantitative estimate of drug-likeness (QED) is 0.651. The second-order valence-electron chi connectivity index (χ2n) is 7.13. The second kappa shape index (κ2) is 8.76. The van der Waals surface area contributed by atoms with Gasteiger partial charge in [0.05, 0.1) is 6.54 Å². The number of nitrogens with zero attached hydrogens (tertiary/aromatic N) is 1. The van der Waals surface area contributed by atoms with Crippen molar-refractivity contribution in [2.45, 2.75) is 19.3 Å². The molecule has 146 valence electrons. The van der Waals surface area contributed by atoms with Gasteiger partial charge in [-0.25, -0.2) is 0 Å². The van der Waals surface area contributed by atoms with Crippen LogP contribution in [0.25, 0.3) is 6.08 Å². The maximum atomic E-state index is 12.7. The molecule has 1 saturated heterocycles. The Morgan fingerprint density at radius 3 is 2.17 bits per heavy atom. The van der Waals surface area contributed by atoms with E-state index in [1.807, 2.05) is 84.9 Å². The zero-order valence-electron chi connectivity index (χ0n) is 16.1. The van der Waals surface area contributed by atoms with E-state index in [9.17, 15) is 9.90 Å². The smallest absolute Gasteiger partial charge is 0.252 e. The highest BCUT2D eigenvalue weighted by atomic mass is 16.5. The third kappa shape index (κ3) is 4.73. The Labute approximate surface area is 170 Å². The van der Waals surface area contributed by atoms with E-state index in [1.54, 1.807) is 11.0 Å². The van der Waals surface area contributed by atoms with Crippen molar-refractivity contribution in [1.82, 2.24) is 4.90 Å². The summed E-state index contributed by atoms with van der Waals surface area (Å²) in [4.78, 5) is 14.4. The summed E-state index contributed by atoms with van der Waals surface area (Å²) in [6.45, 7) is 1.32. The number of benzene rings is 3. The molecular formula is C25H23NO3. The standard InChI is InChI=1S/C25H23NO3/c27-24-17-26(16-20-7-3-1-4-8-20)25(28)23(24)15-19-11-13-22(14-12-19)29-18-21-9-5-2-6-10-21/h1-15,24,27H,16-18H2/b23-15-. The maximum Gasteiger partial charge on any atom is 0.252 e. The van der Waals surface area contributed by atoms with Crippen LogP contribution in [0.1, 0.15) is 16.7 Å². The molecule has 0 aromatic heterocycles. The Morgan fingerprint density at radius 1 is 0.897 bits per heavy atom. The zero-order valence-corrected chi connectivity index (χ0v) is 16.1. The summed E-state index contributed by atoms with van der Waals surface area (Å²) in [5, 5.41) is 10.4. The summed E-state index contributed by atoms with van der Waals surface area (Å²) in [6, 6.07) is 27.3. The third-order valence-corrected chi connectivity index (χ3v) is 4.95. The number of rotatable bonds is 6. The number of carbonyl (C=O) groups excluding carboxylic acids is 1. The molecule has 4 nitrogen and oxygen atoms in total. The number of aliphatic hydroxyl groups is 1. The lowest BCUT2D eigenvalue weighted by Crippen LogP contribution is -2.25. The van der Waals surface area contributed by atoms with Crippen molar-refractivity contribution in [3.05, 3.63) is 107 Å². The molecule has 1 N–H and O–H groups in total.